The van der Waals surface area contributed by atoms with E-state index in [9.17, 15) is 0 Å². The summed E-state index contributed by atoms with van der Waals surface area (Å²) in [5.41, 5.74) is 3.56. The molecule has 1 heterocycles. The van der Waals surface area contributed by atoms with Crippen molar-refractivity contribution in [3.05, 3.63) is 35.2 Å². The normalized spacial score (nSPS) is 10.9. The quantitative estimate of drug-likeness (QED) is 0.649. The van der Waals surface area contributed by atoms with Crippen LogP contribution in [-0.4, -0.2) is 4.98 Å². The summed E-state index contributed by atoms with van der Waals surface area (Å²) in [6, 6.07) is 2.16. The van der Waals surface area contributed by atoms with Crippen molar-refractivity contribution >= 4 is 6.08 Å². The van der Waals surface area contributed by atoms with Crippen LogP contribution in [0.1, 0.15) is 30.2 Å². The van der Waals surface area contributed by atoms with Crippen LogP contribution in [0.4, 0.5) is 0 Å². The Kier molecular flexibility index (Phi) is 3.03. The van der Waals surface area contributed by atoms with Crippen molar-refractivity contribution < 1.29 is 0 Å². The van der Waals surface area contributed by atoms with Gasteiger partial charge in [0.15, 0.2) is 0 Å². The Bertz CT molecular complexity index is 287. The zero-order valence-electron chi connectivity index (χ0n) is 7.96. The van der Waals surface area contributed by atoms with Gasteiger partial charge in [-0.3, -0.25) is 4.98 Å². The molecule has 0 atom stereocenters. The Balaban J connectivity index is 2.94. The standard InChI is InChI=1S/C11H15N/c1-4-5-6-11-10(3)7-9(2)8-12-11/h5-8H,4H2,1-3H3/b6-5-. The Morgan fingerprint density at radius 2 is 2.17 bits per heavy atom. The molecule has 0 fully saturated rings. The summed E-state index contributed by atoms with van der Waals surface area (Å²) in [6.07, 6.45) is 7.18. The lowest BCUT2D eigenvalue weighted by molar-refractivity contribution is 1.18. The minimum Gasteiger partial charge on any atom is -0.256 e. The van der Waals surface area contributed by atoms with E-state index in [1.165, 1.54) is 11.1 Å². The minimum absolute atomic E-state index is 1.06. The predicted octanol–water partition coefficient (Wildman–Crippen LogP) is 3.12. The van der Waals surface area contributed by atoms with E-state index < -0.39 is 0 Å². The number of nitrogens with zero attached hydrogens (tertiary/aromatic N) is 1. The van der Waals surface area contributed by atoms with Crippen LogP contribution in [-0.2, 0) is 0 Å². The second-order valence-electron chi connectivity index (χ2n) is 3.03. The third kappa shape index (κ3) is 2.19. The number of aryl methyl sites for hydroxylation is 2. The summed E-state index contributed by atoms with van der Waals surface area (Å²) in [7, 11) is 0. The Hall–Kier alpha value is -1.11. The first-order valence-corrected chi connectivity index (χ1v) is 4.34. The van der Waals surface area contributed by atoms with Gasteiger partial charge in [0.05, 0.1) is 5.69 Å². The first-order chi connectivity index (χ1) is 5.74. The van der Waals surface area contributed by atoms with Gasteiger partial charge in [0.25, 0.3) is 0 Å². The first kappa shape index (κ1) is 8.98. The molecule has 0 N–H and O–H groups in total. The van der Waals surface area contributed by atoms with E-state index in [0.29, 0.717) is 0 Å². The molecule has 0 aliphatic heterocycles. The van der Waals surface area contributed by atoms with Crippen molar-refractivity contribution in [2.75, 3.05) is 0 Å². The van der Waals surface area contributed by atoms with Crippen molar-refractivity contribution in [2.24, 2.45) is 0 Å². The van der Waals surface area contributed by atoms with E-state index in [2.05, 4.69) is 44.0 Å². The molecule has 0 unspecified atom stereocenters. The predicted molar refractivity (Wildman–Crippen MR) is 53.0 cm³/mol. The molecule has 12 heavy (non-hydrogen) atoms. The molecule has 1 aromatic rings. The lowest BCUT2D eigenvalue weighted by atomic mass is 10.1. The van der Waals surface area contributed by atoms with E-state index in [1.807, 2.05) is 6.20 Å². The highest BCUT2D eigenvalue weighted by Crippen LogP contribution is 2.08. The largest absolute Gasteiger partial charge is 0.256 e. The van der Waals surface area contributed by atoms with Crippen LogP contribution < -0.4 is 0 Å². The number of hydrogen-bond acceptors (Lipinski definition) is 1. The fraction of sp³-hybridized carbons (Fsp3) is 0.364. The van der Waals surface area contributed by atoms with Crippen LogP contribution in [0.15, 0.2) is 18.3 Å². The van der Waals surface area contributed by atoms with Crippen molar-refractivity contribution in [1.29, 1.82) is 0 Å². The average molecular weight is 161 g/mol. The fourth-order valence-electron chi connectivity index (χ4n) is 1.13. The summed E-state index contributed by atoms with van der Waals surface area (Å²) in [6.45, 7) is 6.28. The van der Waals surface area contributed by atoms with E-state index in [-0.39, 0.29) is 0 Å². The highest BCUT2D eigenvalue weighted by Gasteiger charge is 1.94. The molecular formula is C11H15N. The molecular weight excluding hydrogens is 146 g/mol. The van der Waals surface area contributed by atoms with Crippen molar-refractivity contribution in [3.63, 3.8) is 0 Å². The van der Waals surface area contributed by atoms with Crippen LogP contribution in [0, 0.1) is 13.8 Å². The molecule has 1 heteroatoms. The Morgan fingerprint density at radius 1 is 1.42 bits per heavy atom. The maximum atomic E-state index is 4.33. The fourth-order valence-corrected chi connectivity index (χ4v) is 1.13. The van der Waals surface area contributed by atoms with E-state index in [1.54, 1.807) is 0 Å². The summed E-state index contributed by atoms with van der Waals surface area (Å²) in [5.74, 6) is 0. The summed E-state index contributed by atoms with van der Waals surface area (Å²) < 4.78 is 0. The van der Waals surface area contributed by atoms with Crippen LogP contribution in [0.5, 0.6) is 0 Å². The van der Waals surface area contributed by atoms with Crippen molar-refractivity contribution in [1.82, 2.24) is 4.98 Å². The molecule has 0 radical (unpaired) electrons. The molecule has 1 aromatic heterocycles. The molecule has 0 aliphatic carbocycles. The van der Waals surface area contributed by atoms with Crippen molar-refractivity contribution in [2.45, 2.75) is 27.2 Å². The third-order valence-corrected chi connectivity index (χ3v) is 1.77. The SMILES string of the molecule is CC/C=C\c1ncc(C)cc1C. The highest BCUT2D eigenvalue weighted by atomic mass is 14.7. The molecule has 1 rings (SSSR count). The van der Waals surface area contributed by atoms with Gasteiger partial charge in [-0.15, -0.1) is 0 Å². The zero-order chi connectivity index (χ0) is 8.97. The van der Waals surface area contributed by atoms with Crippen LogP contribution in [0.25, 0.3) is 6.08 Å². The second-order valence-corrected chi connectivity index (χ2v) is 3.03. The number of allylic oxidation sites excluding steroid dienone is 1. The minimum atomic E-state index is 1.06. The smallest absolute Gasteiger partial charge is 0.0655 e. The number of rotatable bonds is 2. The molecule has 0 aliphatic rings. The molecule has 0 aromatic carbocycles. The molecule has 0 saturated heterocycles. The number of hydrogen-bond donors (Lipinski definition) is 0. The van der Waals surface area contributed by atoms with Crippen LogP contribution in [0.2, 0.25) is 0 Å². The van der Waals surface area contributed by atoms with Crippen LogP contribution in [0.3, 0.4) is 0 Å². The molecule has 0 spiro atoms. The maximum absolute atomic E-state index is 4.33. The van der Waals surface area contributed by atoms with Gasteiger partial charge in [0, 0.05) is 6.20 Å². The Morgan fingerprint density at radius 3 is 2.75 bits per heavy atom. The van der Waals surface area contributed by atoms with Gasteiger partial charge in [0.2, 0.25) is 0 Å². The van der Waals surface area contributed by atoms with Gasteiger partial charge < -0.3 is 0 Å². The molecule has 0 saturated carbocycles. The maximum Gasteiger partial charge on any atom is 0.0655 e. The van der Waals surface area contributed by atoms with Gasteiger partial charge in [-0.25, -0.2) is 0 Å². The second kappa shape index (κ2) is 4.05. The van der Waals surface area contributed by atoms with Gasteiger partial charge in [-0.05, 0) is 37.5 Å². The Labute approximate surface area is 74.2 Å². The molecule has 1 nitrogen and oxygen atoms in total. The van der Waals surface area contributed by atoms with Crippen molar-refractivity contribution in [3.8, 4) is 0 Å². The highest BCUT2D eigenvalue weighted by molar-refractivity contribution is 5.49. The van der Waals surface area contributed by atoms with Gasteiger partial charge in [0.1, 0.15) is 0 Å². The first-order valence-electron chi connectivity index (χ1n) is 4.34. The molecule has 64 valence electrons. The zero-order valence-corrected chi connectivity index (χ0v) is 7.96. The lowest BCUT2D eigenvalue weighted by Gasteiger charge is -1.99. The molecule has 0 amide bonds. The lowest BCUT2D eigenvalue weighted by Crippen LogP contribution is -1.87. The van der Waals surface area contributed by atoms with E-state index >= 15 is 0 Å². The van der Waals surface area contributed by atoms with Gasteiger partial charge in [-0.2, -0.15) is 0 Å². The third-order valence-electron chi connectivity index (χ3n) is 1.77. The summed E-state index contributed by atoms with van der Waals surface area (Å²) >= 11 is 0. The summed E-state index contributed by atoms with van der Waals surface area (Å²) in [4.78, 5) is 4.33. The van der Waals surface area contributed by atoms with E-state index in [0.717, 1.165) is 12.1 Å². The topological polar surface area (TPSA) is 12.9 Å². The van der Waals surface area contributed by atoms with E-state index in [4.69, 9.17) is 0 Å². The number of pyridine rings is 1. The number of aromatic nitrogens is 1. The van der Waals surface area contributed by atoms with Crippen LogP contribution >= 0.6 is 0 Å². The van der Waals surface area contributed by atoms with Gasteiger partial charge >= 0.3 is 0 Å². The van der Waals surface area contributed by atoms with Gasteiger partial charge in [-0.1, -0.05) is 19.1 Å². The summed E-state index contributed by atoms with van der Waals surface area (Å²) in [5, 5.41) is 0. The average Bonchev–Trinajstić information content (AvgIpc) is 2.03. The molecule has 0 bridgehead atoms. The monoisotopic (exact) mass is 161 g/mol.